The fraction of sp³-hybridized carbons (Fsp3) is 0.588. The summed E-state index contributed by atoms with van der Waals surface area (Å²) in [5.74, 6) is 0.705. The lowest BCUT2D eigenvalue weighted by Gasteiger charge is -2.35. The van der Waals surface area contributed by atoms with Gasteiger partial charge in [0.15, 0.2) is 0 Å². The van der Waals surface area contributed by atoms with E-state index in [2.05, 4.69) is 22.6 Å². The van der Waals surface area contributed by atoms with Gasteiger partial charge in [-0.15, -0.1) is 12.4 Å². The van der Waals surface area contributed by atoms with Crippen molar-refractivity contribution in [3.05, 3.63) is 24.3 Å². The number of ether oxygens (including phenoxy) is 1. The molecule has 0 aliphatic carbocycles. The molecule has 3 rings (SSSR count). The molecular weight excluding hydrogens is 314 g/mol. The summed E-state index contributed by atoms with van der Waals surface area (Å²) >= 11 is 0. The zero-order valence-corrected chi connectivity index (χ0v) is 14.6. The van der Waals surface area contributed by atoms with Gasteiger partial charge in [0.2, 0.25) is 5.91 Å². The Kier molecular flexibility index (Phi) is 6.27. The van der Waals surface area contributed by atoms with E-state index < -0.39 is 0 Å². The summed E-state index contributed by atoms with van der Waals surface area (Å²) in [7, 11) is 3.67. The smallest absolute Gasteiger partial charge is 0.238 e. The maximum atomic E-state index is 12.3. The Morgan fingerprint density at radius 3 is 2.61 bits per heavy atom. The Hall–Kier alpha value is -1.30. The van der Waals surface area contributed by atoms with Crippen LogP contribution in [-0.2, 0) is 4.79 Å². The molecule has 2 fully saturated rings. The Morgan fingerprint density at radius 2 is 1.96 bits per heavy atom. The van der Waals surface area contributed by atoms with Crippen LogP contribution in [-0.4, -0.2) is 49.6 Å². The largest absolute Gasteiger partial charge is 0.495 e. The minimum Gasteiger partial charge on any atom is -0.495 e. The number of carbonyl (C=O) groups is 1. The molecule has 2 saturated heterocycles. The summed E-state index contributed by atoms with van der Waals surface area (Å²) < 4.78 is 5.27. The number of carbonyl (C=O) groups excluding carboxylic acids is 1. The second-order valence-corrected chi connectivity index (χ2v) is 6.43. The van der Waals surface area contributed by atoms with Gasteiger partial charge in [0.25, 0.3) is 0 Å². The lowest BCUT2D eigenvalue weighted by Crippen LogP contribution is -2.48. The summed E-state index contributed by atoms with van der Waals surface area (Å²) in [6, 6.07) is 9.29. The number of hydrogen-bond acceptors (Lipinski definition) is 4. The number of fused-ring (bicyclic) bond motifs is 2. The molecule has 1 aromatic rings. The molecule has 1 amide bonds. The third kappa shape index (κ3) is 4.37. The maximum absolute atomic E-state index is 12.3. The van der Waals surface area contributed by atoms with Crippen molar-refractivity contribution in [1.82, 2.24) is 10.2 Å². The molecule has 2 aliphatic heterocycles. The first kappa shape index (κ1) is 18.0. The van der Waals surface area contributed by atoms with Crippen molar-refractivity contribution in [1.29, 1.82) is 0 Å². The quantitative estimate of drug-likeness (QED) is 0.864. The predicted octanol–water partition coefficient (Wildman–Crippen LogP) is 2.27. The van der Waals surface area contributed by atoms with Gasteiger partial charge in [-0.25, -0.2) is 0 Å². The number of nitrogens with one attached hydrogen (secondary N) is 2. The number of hydrogen-bond donors (Lipinski definition) is 2. The summed E-state index contributed by atoms with van der Waals surface area (Å²) in [6.07, 6.45) is 4.86. The maximum Gasteiger partial charge on any atom is 0.238 e. The highest BCUT2D eigenvalue weighted by Crippen LogP contribution is 2.29. The summed E-state index contributed by atoms with van der Waals surface area (Å²) in [4.78, 5) is 14.5. The second kappa shape index (κ2) is 7.99. The van der Waals surface area contributed by atoms with Crippen LogP contribution in [0.2, 0.25) is 0 Å². The third-order valence-corrected chi connectivity index (χ3v) is 4.85. The van der Waals surface area contributed by atoms with Crippen LogP contribution < -0.4 is 15.4 Å². The highest BCUT2D eigenvalue weighted by molar-refractivity contribution is 5.93. The van der Waals surface area contributed by atoms with Gasteiger partial charge in [0, 0.05) is 18.1 Å². The highest BCUT2D eigenvalue weighted by atomic mass is 35.5. The van der Waals surface area contributed by atoms with Gasteiger partial charge in [-0.2, -0.15) is 0 Å². The molecular formula is C17H26ClN3O2. The Balaban J connectivity index is 0.00000192. The standard InChI is InChI=1S/C17H25N3O2.ClH/c1-20(14-9-12-7-8-13(10-14)18-12)11-17(21)19-15-5-3-4-6-16(15)22-2;/h3-6,12-14,18H,7-11H2,1-2H3,(H,19,21);1H. The predicted molar refractivity (Wildman–Crippen MR) is 94.5 cm³/mol. The minimum absolute atomic E-state index is 0. The number of anilines is 1. The van der Waals surface area contributed by atoms with Crippen LogP contribution in [0.1, 0.15) is 25.7 Å². The Labute approximate surface area is 144 Å². The zero-order valence-electron chi connectivity index (χ0n) is 13.7. The second-order valence-electron chi connectivity index (χ2n) is 6.43. The van der Waals surface area contributed by atoms with E-state index in [0.717, 1.165) is 18.5 Å². The molecule has 0 radical (unpaired) electrons. The van der Waals surface area contributed by atoms with Crippen molar-refractivity contribution in [3.63, 3.8) is 0 Å². The van der Waals surface area contributed by atoms with Crippen LogP contribution in [0.25, 0.3) is 0 Å². The Morgan fingerprint density at radius 1 is 1.30 bits per heavy atom. The summed E-state index contributed by atoms with van der Waals surface area (Å²) in [5, 5.41) is 6.59. The lowest BCUT2D eigenvalue weighted by atomic mass is 9.98. The van der Waals surface area contributed by atoms with Gasteiger partial charge in [0.1, 0.15) is 5.75 Å². The lowest BCUT2D eigenvalue weighted by molar-refractivity contribution is -0.117. The van der Waals surface area contributed by atoms with Crippen LogP contribution in [0.4, 0.5) is 5.69 Å². The number of likely N-dealkylation sites (N-methyl/N-ethyl adjacent to an activating group) is 1. The van der Waals surface area contributed by atoms with Crippen LogP contribution >= 0.6 is 12.4 Å². The van der Waals surface area contributed by atoms with E-state index in [1.165, 1.54) is 12.8 Å². The fourth-order valence-corrected chi connectivity index (χ4v) is 3.68. The van der Waals surface area contributed by atoms with Gasteiger partial charge >= 0.3 is 0 Å². The van der Waals surface area contributed by atoms with Crippen molar-refractivity contribution < 1.29 is 9.53 Å². The number of methoxy groups -OCH3 is 1. The average Bonchev–Trinajstić information content (AvgIpc) is 2.85. The molecule has 2 bridgehead atoms. The number of piperidine rings is 1. The topological polar surface area (TPSA) is 53.6 Å². The average molecular weight is 340 g/mol. The van der Waals surface area contributed by atoms with E-state index >= 15 is 0 Å². The number of benzene rings is 1. The molecule has 2 heterocycles. The fourth-order valence-electron chi connectivity index (χ4n) is 3.68. The molecule has 5 nitrogen and oxygen atoms in total. The first-order valence-corrected chi connectivity index (χ1v) is 8.05. The van der Waals surface area contributed by atoms with E-state index in [1.54, 1.807) is 7.11 Å². The van der Waals surface area contributed by atoms with E-state index in [0.29, 0.717) is 30.4 Å². The zero-order chi connectivity index (χ0) is 15.5. The molecule has 2 aliphatic rings. The van der Waals surface area contributed by atoms with E-state index in [1.807, 2.05) is 24.3 Å². The van der Waals surface area contributed by atoms with Crippen molar-refractivity contribution >= 4 is 24.0 Å². The van der Waals surface area contributed by atoms with E-state index in [4.69, 9.17) is 4.74 Å². The van der Waals surface area contributed by atoms with Gasteiger partial charge in [0.05, 0.1) is 19.3 Å². The van der Waals surface area contributed by atoms with Crippen LogP contribution in [0.3, 0.4) is 0 Å². The van der Waals surface area contributed by atoms with E-state index in [-0.39, 0.29) is 18.3 Å². The van der Waals surface area contributed by atoms with E-state index in [9.17, 15) is 4.79 Å². The molecule has 23 heavy (non-hydrogen) atoms. The number of halogens is 1. The molecule has 0 aromatic heterocycles. The first-order valence-electron chi connectivity index (χ1n) is 8.05. The van der Waals surface area contributed by atoms with Gasteiger partial charge in [-0.05, 0) is 44.9 Å². The van der Waals surface area contributed by atoms with Crippen molar-refractivity contribution in [2.45, 2.75) is 43.8 Å². The molecule has 0 spiro atoms. The monoisotopic (exact) mass is 339 g/mol. The van der Waals surface area contributed by atoms with Crippen LogP contribution in [0.5, 0.6) is 5.75 Å². The first-order chi connectivity index (χ1) is 10.7. The highest BCUT2D eigenvalue weighted by Gasteiger charge is 2.35. The Bertz CT molecular complexity index is 528. The van der Waals surface area contributed by atoms with Crippen LogP contribution in [0.15, 0.2) is 24.3 Å². The van der Waals surface area contributed by atoms with Gasteiger partial charge in [-0.1, -0.05) is 12.1 Å². The molecule has 2 N–H and O–H groups in total. The van der Waals surface area contributed by atoms with Gasteiger partial charge in [-0.3, -0.25) is 9.69 Å². The number of para-hydroxylation sites is 2. The van der Waals surface area contributed by atoms with Crippen molar-refractivity contribution in [2.75, 3.05) is 26.0 Å². The van der Waals surface area contributed by atoms with Crippen molar-refractivity contribution in [3.8, 4) is 5.75 Å². The molecule has 128 valence electrons. The third-order valence-electron chi connectivity index (χ3n) is 4.85. The van der Waals surface area contributed by atoms with Crippen molar-refractivity contribution in [2.24, 2.45) is 0 Å². The van der Waals surface area contributed by atoms with Gasteiger partial charge < -0.3 is 15.4 Å². The summed E-state index contributed by atoms with van der Waals surface area (Å²) in [6.45, 7) is 0.419. The molecule has 1 aromatic carbocycles. The molecule has 0 saturated carbocycles. The van der Waals surface area contributed by atoms with Crippen LogP contribution in [0, 0.1) is 0 Å². The number of amides is 1. The SMILES string of the molecule is COc1ccccc1NC(=O)CN(C)C1CC2CCC(C1)N2.Cl. The number of rotatable bonds is 5. The minimum atomic E-state index is 0. The molecule has 6 heteroatoms. The molecule has 2 unspecified atom stereocenters. The molecule has 2 atom stereocenters. The summed E-state index contributed by atoms with van der Waals surface area (Å²) in [5.41, 5.74) is 0.730. The normalized spacial score (nSPS) is 25.8. The number of nitrogens with zero attached hydrogens (tertiary/aromatic N) is 1.